The number of allylic oxidation sites excluding steroid dienone is 1. The van der Waals surface area contributed by atoms with Gasteiger partial charge in [0, 0.05) is 6.61 Å². The molecule has 0 fully saturated rings. The monoisotopic (exact) mass is 128 g/mol. The second-order valence-corrected chi connectivity index (χ2v) is 3.17. The van der Waals surface area contributed by atoms with E-state index in [0.29, 0.717) is 5.92 Å². The van der Waals surface area contributed by atoms with Crippen LogP contribution in [-0.2, 0) is 0 Å². The van der Waals surface area contributed by atoms with Crippen molar-refractivity contribution in [3.8, 4) is 0 Å². The highest BCUT2D eigenvalue weighted by Gasteiger charge is 2.21. The van der Waals surface area contributed by atoms with Crippen LogP contribution >= 0.6 is 0 Å². The topological polar surface area (TPSA) is 20.2 Å². The molecule has 0 aliphatic heterocycles. The molecule has 1 N–H and O–H groups in total. The van der Waals surface area contributed by atoms with Gasteiger partial charge in [-0.25, -0.2) is 0 Å². The van der Waals surface area contributed by atoms with Crippen molar-refractivity contribution in [1.82, 2.24) is 0 Å². The fourth-order valence-electron chi connectivity index (χ4n) is 0.463. The molecule has 0 saturated carbocycles. The molecule has 0 aromatic carbocycles. The molecule has 1 atom stereocenters. The molecule has 0 bridgehead atoms. The summed E-state index contributed by atoms with van der Waals surface area (Å²) in [5, 5.41) is 8.85. The molecular weight excluding hydrogens is 112 g/mol. The van der Waals surface area contributed by atoms with Crippen LogP contribution in [0, 0.1) is 11.3 Å². The van der Waals surface area contributed by atoms with E-state index < -0.39 is 0 Å². The van der Waals surface area contributed by atoms with Crippen LogP contribution in [0.2, 0.25) is 0 Å². The Morgan fingerprint density at radius 3 is 2.22 bits per heavy atom. The lowest BCUT2D eigenvalue weighted by Gasteiger charge is -2.26. The van der Waals surface area contributed by atoms with Crippen LogP contribution in [0.3, 0.4) is 0 Å². The third-order valence-electron chi connectivity index (χ3n) is 1.99. The molecule has 9 heavy (non-hydrogen) atoms. The molecule has 1 heteroatoms. The van der Waals surface area contributed by atoms with Crippen molar-refractivity contribution in [2.24, 2.45) is 11.3 Å². The van der Waals surface area contributed by atoms with Crippen molar-refractivity contribution in [1.29, 1.82) is 0 Å². The molecule has 0 heterocycles. The van der Waals surface area contributed by atoms with Crippen LogP contribution in [0.1, 0.15) is 20.8 Å². The number of aliphatic hydroxyl groups is 1. The molecule has 0 aromatic heterocycles. The van der Waals surface area contributed by atoms with Gasteiger partial charge < -0.3 is 5.11 Å². The lowest BCUT2D eigenvalue weighted by molar-refractivity contribution is 0.125. The van der Waals surface area contributed by atoms with Crippen molar-refractivity contribution in [3.05, 3.63) is 12.7 Å². The molecule has 0 spiro atoms. The Morgan fingerprint density at radius 2 is 2.11 bits per heavy atom. The summed E-state index contributed by atoms with van der Waals surface area (Å²) in [6, 6.07) is 0. The van der Waals surface area contributed by atoms with E-state index in [1.165, 1.54) is 0 Å². The maximum atomic E-state index is 8.85. The van der Waals surface area contributed by atoms with E-state index in [1.807, 2.05) is 19.9 Å². The van der Waals surface area contributed by atoms with E-state index in [9.17, 15) is 0 Å². The molecule has 0 aromatic rings. The second kappa shape index (κ2) is 3.02. The molecular formula is C8H16O. The van der Waals surface area contributed by atoms with Gasteiger partial charge in [0.05, 0.1) is 0 Å². The van der Waals surface area contributed by atoms with Gasteiger partial charge in [0.2, 0.25) is 0 Å². The van der Waals surface area contributed by atoms with Crippen LogP contribution in [0.25, 0.3) is 0 Å². The van der Waals surface area contributed by atoms with Gasteiger partial charge >= 0.3 is 0 Å². The number of rotatable bonds is 3. The van der Waals surface area contributed by atoms with Gasteiger partial charge in [0.25, 0.3) is 0 Å². The van der Waals surface area contributed by atoms with Gasteiger partial charge in [-0.1, -0.05) is 26.8 Å². The van der Waals surface area contributed by atoms with Gasteiger partial charge in [-0.2, -0.15) is 0 Å². The lowest BCUT2D eigenvalue weighted by atomic mass is 9.81. The zero-order valence-corrected chi connectivity index (χ0v) is 6.52. The van der Waals surface area contributed by atoms with Crippen molar-refractivity contribution in [2.45, 2.75) is 20.8 Å². The van der Waals surface area contributed by atoms with Crippen molar-refractivity contribution in [3.63, 3.8) is 0 Å². The first-order valence-electron chi connectivity index (χ1n) is 3.28. The van der Waals surface area contributed by atoms with E-state index in [0.717, 1.165) is 0 Å². The molecule has 1 unspecified atom stereocenters. The normalized spacial score (nSPS) is 15.1. The Hall–Kier alpha value is -0.300. The summed E-state index contributed by atoms with van der Waals surface area (Å²) >= 11 is 0. The molecule has 54 valence electrons. The number of aliphatic hydroxyl groups excluding tert-OH is 1. The Balaban J connectivity index is 3.95. The van der Waals surface area contributed by atoms with Crippen LogP contribution in [0.15, 0.2) is 12.7 Å². The number of hydrogen-bond acceptors (Lipinski definition) is 1. The second-order valence-electron chi connectivity index (χ2n) is 3.17. The van der Waals surface area contributed by atoms with E-state index in [1.54, 1.807) is 0 Å². The first-order chi connectivity index (χ1) is 4.04. The van der Waals surface area contributed by atoms with Gasteiger partial charge in [-0.3, -0.25) is 0 Å². The minimum absolute atomic E-state index is 0.0122. The largest absolute Gasteiger partial charge is 0.396 e. The van der Waals surface area contributed by atoms with Crippen LogP contribution < -0.4 is 0 Å². The first kappa shape index (κ1) is 8.70. The predicted octanol–water partition coefficient (Wildman–Crippen LogP) is 1.83. The van der Waals surface area contributed by atoms with Gasteiger partial charge in [-0.15, -0.1) is 6.58 Å². The Labute approximate surface area is 57.4 Å². The van der Waals surface area contributed by atoms with Gasteiger partial charge in [0.1, 0.15) is 0 Å². The zero-order chi connectivity index (χ0) is 7.49. The lowest BCUT2D eigenvalue weighted by Crippen LogP contribution is -2.23. The third kappa shape index (κ3) is 2.19. The highest BCUT2D eigenvalue weighted by Crippen LogP contribution is 2.25. The van der Waals surface area contributed by atoms with E-state index in [4.69, 9.17) is 5.11 Å². The van der Waals surface area contributed by atoms with Gasteiger partial charge in [0.15, 0.2) is 0 Å². The fourth-order valence-corrected chi connectivity index (χ4v) is 0.463. The quantitative estimate of drug-likeness (QED) is 0.575. The average Bonchev–Trinajstić information content (AvgIpc) is 1.86. The summed E-state index contributed by atoms with van der Waals surface area (Å²) in [5.41, 5.74) is -0.0122. The zero-order valence-electron chi connectivity index (χ0n) is 6.52. The Morgan fingerprint density at radius 1 is 1.67 bits per heavy atom. The molecule has 0 rings (SSSR count). The van der Waals surface area contributed by atoms with Crippen LogP contribution in [-0.4, -0.2) is 11.7 Å². The smallest absolute Gasteiger partial charge is 0.0487 e. The number of hydrogen-bond donors (Lipinski definition) is 1. The molecule has 0 radical (unpaired) electrons. The highest BCUT2D eigenvalue weighted by atomic mass is 16.3. The molecule has 0 saturated heterocycles. The third-order valence-corrected chi connectivity index (χ3v) is 1.99. The van der Waals surface area contributed by atoms with Crippen molar-refractivity contribution < 1.29 is 5.11 Å². The maximum absolute atomic E-state index is 8.85. The first-order valence-corrected chi connectivity index (χ1v) is 3.28. The Kier molecular flexibility index (Phi) is 2.92. The summed E-state index contributed by atoms with van der Waals surface area (Å²) in [6.45, 7) is 10.00. The SMILES string of the molecule is C=CC(C)C(C)(C)CO. The average molecular weight is 128 g/mol. The van der Waals surface area contributed by atoms with Crippen LogP contribution in [0.5, 0.6) is 0 Å². The summed E-state index contributed by atoms with van der Waals surface area (Å²) in [7, 11) is 0. The summed E-state index contributed by atoms with van der Waals surface area (Å²) in [4.78, 5) is 0. The van der Waals surface area contributed by atoms with E-state index in [2.05, 4.69) is 13.5 Å². The minimum Gasteiger partial charge on any atom is -0.396 e. The summed E-state index contributed by atoms with van der Waals surface area (Å²) < 4.78 is 0. The molecule has 0 aliphatic rings. The molecule has 0 amide bonds. The van der Waals surface area contributed by atoms with Crippen molar-refractivity contribution >= 4 is 0 Å². The fraction of sp³-hybridized carbons (Fsp3) is 0.750. The Bertz CT molecular complexity index is 94.7. The van der Waals surface area contributed by atoms with Crippen LogP contribution in [0.4, 0.5) is 0 Å². The predicted molar refractivity (Wildman–Crippen MR) is 40.2 cm³/mol. The molecule has 1 nitrogen and oxygen atoms in total. The minimum atomic E-state index is -0.0122. The molecule has 0 aliphatic carbocycles. The maximum Gasteiger partial charge on any atom is 0.0487 e. The summed E-state index contributed by atoms with van der Waals surface area (Å²) in [6.07, 6.45) is 1.87. The standard InChI is InChI=1S/C8H16O/c1-5-7(2)8(3,4)6-9/h5,7,9H,1,6H2,2-4H3. The van der Waals surface area contributed by atoms with Crippen molar-refractivity contribution in [2.75, 3.05) is 6.61 Å². The van der Waals surface area contributed by atoms with E-state index in [-0.39, 0.29) is 12.0 Å². The van der Waals surface area contributed by atoms with Gasteiger partial charge in [-0.05, 0) is 11.3 Å². The van der Waals surface area contributed by atoms with E-state index >= 15 is 0 Å². The highest BCUT2D eigenvalue weighted by molar-refractivity contribution is 4.86. The summed E-state index contributed by atoms with van der Waals surface area (Å²) in [5.74, 6) is 0.377.